The second kappa shape index (κ2) is 5.44. The molecule has 6 nitrogen and oxygen atoms in total. The number of nitrogens with one attached hydrogen (secondary N) is 1. The zero-order chi connectivity index (χ0) is 15.6. The molecular weight excluding hydrogens is 306 g/mol. The lowest BCUT2D eigenvalue weighted by atomic mass is 10.3. The molecule has 0 unspecified atom stereocenters. The van der Waals surface area contributed by atoms with Crippen molar-refractivity contribution in [2.45, 2.75) is 4.90 Å². The molecule has 0 aliphatic carbocycles. The lowest BCUT2D eigenvalue weighted by Gasteiger charge is -2.08. The van der Waals surface area contributed by atoms with Crippen molar-refractivity contribution in [2.24, 2.45) is 0 Å². The molecule has 0 radical (unpaired) electrons. The van der Waals surface area contributed by atoms with E-state index in [4.69, 9.17) is 0 Å². The first-order chi connectivity index (χ1) is 9.78. The minimum atomic E-state index is -4.10. The molecular formula is C12H8F2N2O4S. The fourth-order valence-electron chi connectivity index (χ4n) is 1.57. The number of benzene rings is 2. The molecule has 0 bridgehead atoms. The topological polar surface area (TPSA) is 89.3 Å². The van der Waals surface area contributed by atoms with E-state index >= 15 is 0 Å². The Bertz CT molecular complexity index is 791. The molecule has 0 saturated carbocycles. The van der Waals surface area contributed by atoms with Crippen LogP contribution in [0.3, 0.4) is 0 Å². The molecule has 0 saturated heterocycles. The minimum absolute atomic E-state index is 0.254. The molecule has 0 aromatic heterocycles. The maximum atomic E-state index is 13.2. The quantitative estimate of drug-likeness (QED) is 0.694. The third-order valence-electron chi connectivity index (χ3n) is 2.47. The van der Waals surface area contributed by atoms with Crippen LogP contribution < -0.4 is 4.72 Å². The van der Waals surface area contributed by atoms with Gasteiger partial charge in [0.2, 0.25) is 0 Å². The Labute approximate surface area is 118 Å². The van der Waals surface area contributed by atoms with Gasteiger partial charge in [-0.3, -0.25) is 14.8 Å². The summed E-state index contributed by atoms with van der Waals surface area (Å²) >= 11 is 0. The van der Waals surface area contributed by atoms with Crippen LogP contribution in [0, 0.1) is 21.7 Å². The van der Waals surface area contributed by atoms with Crippen molar-refractivity contribution in [3.63, 3.8) is 0 Å². The molecule has 0 fully saturated rings. The van der Waals surface area contributed by atoms with E-state index in [0.717, 1.165) is 36.4 Å². The van der Waals surface area contributed by atoms with E-state index in [1.54, 1.807) is 0 Å². The Hall–Kier alpha value is -2.55. The number of hydrogen-bond acceptors (Lipinski definition) is 4. The van der Waals surface area contributed by atoms with Crippen LogP contribution in [0.4, 0.5) is 20.2 Å². The fourth-order valence-corrected chi connectivity index (χ4v) is 2.61. The van der Waals surface area contributed by atoms with Crippen molar-refractivity contribution in [2.75, 3.05) is 4.72 Å². The maximum absolute atomic E-state index is 13.2. The Morgan fingerprint density at radius 3 is 2.19 bits per heavy atom. The van der Waals surface area contributed by atoms with Crippen LogP contribution in [-0.4, -0.2) is 13.3 Å². The lowest BCUT2D eigenvalue weighted by Crippen LogP contribution is -2.13. The average molecular weight is 314 g/mol. The number of rotatable bonds is 4. The van der Waals surface area contributed by atoms with E-state index in [9.17, 15) is 27.3 Å². The second-order valence-electron chi connectivity index (χ2n) is 4.01. The molecule has 0 heterocycles. The van der Waals surface area contributed by atoms with Crippen molar-refractivity contribution < 1.29 is 22.1 Å². The summed E-state index contributed by atoms with van der Waals surface area (Å²) in [4.78, 5) is 9.50. The minimum Gasteiger partial charge on any atom is -0.279 e. The number of non-ortho nitro benzene ring substituents is 1. The van der Waals surface area contributed by atoms with Crippen molar-refractivity contribution in [1.29, 1.82) is 0 Å². The zero-order valence-electron chi connectivity index (χ0n) is 10.3. The summed E-state index contributed by atoms with van der Waals surface area (Å²) in [5.74, 6) is -1.57. The molecule has 1 N–H and O–H groups in total. The largest absolute Gasteiger partial charge is 0.279 e. The van der Waals surface area contributed by atoms with Crippen LogP contribution in [0.2, 0.25) is 0 Å². The first-order valence-electron chi connectivity index (χ1n) is 5.51. The number of hydrogen-bond donors (Lipinski definition) is 1. The summed E-state index contributed by atoms with van der Waals surface area (Å²) in [5, 5.41) is 10.6. The van der Waals surface area contributed by atoms with E-state index in [-0.39, 0.29) is 10.6 Å². The van der Waals surface area contributed by atoms with Crippen molar-refractivity contribution in [1.82, 2.24) is 0 Å². The van der Waals surface area contributed by atoms with Crippen molar-refractivity contribution in [3.8, 4) is 0 Å². The van der Waals surface area contributed by atoms with E-state index in [1.807, 2.05) is 4.72 Å². The van der Waals surface area contributed by atoms with Gasteiger partial charge in [0, 0.05) is 6.07 Å². The second-order valence-corrected chi connectivity index (χ2v) is 5.70. The summed E-state index contributed by atoms with van der Waals surface area (Å²) in [6.45, 7) is 0. The predicted octanol–water partition coefficient (Wildman–Crippen LogP) is 2.67. The van der Waals surface area contributed by atoms with Crippen molar-refractivity contribution >= 4 is 21.4 Å². The molecule has 0 spiro atoms. The molecule has 0 amide bonds. The van der Waals surface area contributed by atoms with Gasteiger partial charge in [-0.15, -0.1) is 0 Å². The highest BCUT2D eigenvalue weighted by Gasteiger charge is 2.17. The molecule has 2 aromatic carbocycles. The van der Waals surface area contributed by atoms with Crippen LogP contribution in [-0.2, 0) is 10.0 Å². The van der Waals surface area contributed by atoms with Crippen LogP contribution in [0.25, 0.3) is 0 Å². The van der Waals surface area contributed by atoms with E-state index in [1.165, 1.54) is 0 Å². The van der Waals surface area contributed by atoms with Crippen LogP contribution >= 0.6 is 0 Å². The predicted molar refractivity (Wildman–Crippen MR) is 70.3 cm³/mol. The highest BCUT2D eigenvalue weighted by atomic mass is 32.2. The molecule has 2 aromatic rings. The number of halogens is 2. The van der Waals surface area contributed by atoms with Gasteiger partial charge in [-0.2, -0.15) is 0 Å². The van der Waals surface area contributed by atoms with Gasteiger partial charge in [-0.1, -0.05) is 0 Å². The summed E-state index contributed by atoms with van der Waals surface area (Å²) in [6.07, 6.45) is 0. The van der Waals surface area contributed by atoms with Gasteiger partial charge in [0.25, 0.3) is 15.7 Å². The fraction of sp³-hybridized carbons (Fsp3) is 0. The van der Waals surface area contributed by atoms with E-state index in [0.29, 0.717) is 6.07 Å². The maximum Gasteiger partial charge on any atom is 0.274 e. The normalized spacial score (nSPS) is 11.1. The summed E-state index contributed by atoms with van der Waals surface area (Å²) in [5.41, 5.74) is -0.891. The highest BCUT2D eigenvalue weighted by Crippen LogP contribution is 2.22. The van der Waals surface area contributed by atoms with Gasteiger partial charge in [-0.25, -0.2) is 17.2 Å². The molecule has 21 heavy (non-hydrogen) atoms. The smallest absolute Gasteiger partial charge is 0.274 e. The highest BCUT2D eigenvalue weighted by molar-refractivity contribution is 7.92. The third-order valence-corrected chi connectivity index (χ3v) is 3.87. The first kappa shape index (κ1) is 14.9. The molecule has 0 aliphatic rings. The Balaban J connectivity index is 2.36. The number of nitrogens with zero attached hydrogens (tertiary/aromatic N) is 1. The van der Waals surface area contributed by atoms with E-state index in [2.05, 4.69) is 0 Å². The average Bonchev–Trinajstić information content (AvgIpc) is 2.37. The lowest BCUT2D eigenvalue weighted by molar-refractivity contribution is -0.385. The zero-order valence-corrected chi connectivity index (χ0v) is 11.1. The SMILES string of the molecule is O=[N+]([O-])c1cc(F)cc(NS(=O)(=O)c2ccc(F)cc2)c1. The summed E-state index contributed by atoms with van der Waals surface area (Å²) in [7, 11) is -4.10. The Morgan fingerprint density at radius 1 is 1.00 bits per heavy atom. The van der Waals surface area contributed by atoms with Crippen LogP contribution in [0.15, 0.2) is 47.4 Å². The molecule has 110 valence electrons. The van der Waals surface area contributed by atoms with Gasteiger partial charge >= 0.3 is 0 Å². The molecule has 0 atom stereocenters. The van der Waals surface area contributed by atoms with Crippen molar-refractivity contribution in [3.05, 3.63) is 64.2 Å². The van der Waals surface area contributed by atoms with Crippen LogP contribution in [0.5, 0.6) is 0 Å². The molecule has 2 rings (SSSR count). The number of sulfonamides is 1. The number of nitro benzene ring substituents is 1. The molecule has 9 heteroatoms. The van der Waals surface area contributed by atoms with Gasteiger partial charge in [0.15, 0.2) is 0 Å². The monoisotopic (exact) mass is 314 g/mol. The first-order valence-corrected chi connectivity index (χ1v) is 6.99. The van der Waals surface area contributed by atoms with Gasteiger partial charge in [0.1, 0.15) is 11.6 Å². The molecule has 0 aliphatic heterocycles. The van der Waals surface area contributed by atoms with Crippen LogP contribution in [0.1, 0.15) is 0 Å². The van der Waals surface area contributed by atoms with Gasteiger partial charge < -0.3 is 0 Å². The number of anilines is 1. The Morgan fingerprint density at radius 2 is 1.62 bits per heavy atom. The standard InChI is InChI=1S/C12H8F2N2O4S/c13-8-1-3-12(4-2-8)21(19,20)15-10-5-9(14)6-11(7-10)16(17)18/h1-7,15H. The number of nitro groups is 1. The van der Waals surface area contributed by atoms with Gasteiger partial charge in [0.05, 0.1) is 21.6 Å². The Kier molecular flexibility index (Phi) is 3.85. The summed E-state index contributed by atoms with van der Waals surface area (Å²) in [6, 6.07) is 6.27. The third kappa shape index (κ3) is 3.51. The van der Waals surface area contributed by atoms with E-state index < -0.39 is 32.3 Å². The summed E-state index contributed by atoms with van der Waals surface area (Å²) < 4.78 is 51.9. The van der Waals surface area contributed by atoms with Gasteiger partial charge in [-0.05, 0) is 30.3 Å².